The number of hydrogen-bond acceptors (Lipinski definition) is 5. The lowest BCUT2D eigenvalue weighted by atomic mass is 9.99. The lowest BCUT2D eigenvalue weighted by Crippen LogP contribution is -2.26. The van der Waals surface area contributed by atoms with Gasteiger partial charge in [0.25, 0.3) is 0 Å². The molecule has 0 radical (unpaired) electrons. The number of aromatic carboxylic acids is 1. The van der Waals surface area contributed by atoms with E-state index in [-0.39, 0.29) is 11.5 Å². The third kappa shape index (κ3) is 3.40. The SMILES string of the molecule is CC(=O)N1CCC(Cc2nccnc2-c2cncc(C(=O)O)c2)C1. The van der Waals surface area contributed by atoms with Crippen LogP contribution < -0.4 is 0 Å². The van der Waals surface area contributed by atoms with Crippen molar-refractivity contribution in [3.8, 4) is 11.3 Å². The first-order valence-electron chi connectivity index (χ1n) is 7.78. The normalized spacial score (nSPS) is 17.0. The minimum atomic E-state index is -1.03. The highest BCUT2D eigenvalue weighted by Crippen LogP contribution is 2.26. The molecule has 1 amide bonds. The highest BCUT2D eigenvalue weighted by molar-refractivity contribution is 5.88. The fraction of sp³-hybridized carbons (Fsp3) is 0.353. The molecule has 7 nitrogen and oxygen atoms in total. The quantitative estimate of drug-likeness (QED) is 0.917. The van der Waals surface area contributed by atoms with Crippen molar-refractivity contribution in [1.82, 2.24) is 19.9 Å². The summed E-state index contributed by atoms with van der Waals surface area (Å²) in [6.07, 6.45) is 7.75. The molecule has 0 bridgehead atoms. The standard InChI is InChI=1S/C17H18N4O3/c1-11(22)21-5-2-12(10-21)6-15-16(20-4-3-19-15)13-7-14(17(23)24)9-18-8-13/h3-4,7-9,12H,2,5-6,10H2,1H3,(H,23,24). The Bertz CT molecular complexity index is 778. The third-order valence-corrected chi connectivity index (χ3v) is 4.25. The second-order valence-electron chi connectivity index (χ2n) is 5.94. The van der Waals surface area contributed by atoms with Gasteiger partial charge in [0, 0.05) is 50.4 Å². The number of amides is 1. The van der Waals surface area contributed by atoms with Gasteiger partial charge in [-0.2, -0.15) is 0 Å². The summed E-state index contributed by atoms with van der Waals surface area (Å²) < 4.78 is 0. The smallest absolute Gasteiger partial charge is 0.337 e. The number of carbonyl (C=O) groups excluding carboxylic acids is 1. The molecule has 2 aromatic heterocycles. The average molecular weight is 326 g/mol. The first-order chi connectivity index (χ1) is 11.5. The van der Waals surface area contributed by atoms with Crippen molar-refractivity contribution >= 4 is 11.9 Å². The summed E-state index contributed by atoms with van der Waals surface area (Å²) in [7, 11) is 0. The fourth-order valence-electron chi connectivity index (χ4n) is 3.00. The predicted octanol–water partition coefficient (Wildman–Crippen LogP) is 1.65. The van der Waals surface area contributed by atoms with E-state index in [0.717, 1.165) is 25.2 Å². The van der Waals surface area contributed by atoms with Gasteiger partial charge in [-0.3, -0.25) is 19.7 Å². The van der Waals surface area contributed by atoms with Crippen molar-refractivity contribution < 1.29 is 14.7 Å². The van der Waals surface area contributed by atoms with Gasteiger partial charge in [0.1, 0.15) is 0 Å². The zero-order valence-electron chi connectivity index (χ0n) is 13.3. The van der Waals surface area contributed by atoms with Crippen LogP contribution in [0.2, 0.25) is 0 Å². The molecule has 1 saturated heterocycles. The Labute approximate surface area is 139 Å². The van der Waals surface area contributed by atoms with E-state index in [9.17, 15) is 9.59 Å². The largest absolute Gasteiger partial charge is 0.478 e. The van der Waals surface area contributed by atoms with Crippen LogP contribution >= 0.6 is 0 Å². The lowest BCUT2D eigenvalue weighted by molar-refractivity contribution is -0.127. The number of carboxylic acids is 1. The van der Waals surface area contributed by atoms with Gasteiger partial charge < -0.3 is 10.0 Å². The Balaban J connectivity index is 1.85. The Morgan fingerprint density at radius 1 is 1.29 bits per heavy atom. The van der Waals surface area contributed by atoms with E-state index in [1.54, 1.807) is 31.6 Å². The third-order valence-electron chi connectivity index (χ3n) is 4.25. The van der Waals surface area contributed by atoms with Crippen LogP contribution in [-0.2, 0) is 11.2 Å². The molecule has 0 aromatic carbocycles. The molecule has 3 heterocycles. The summed E-state index contributed by atoms with van der Waals surface area (Å²) >= 11 is 0. The van der Waals surface area contributed by atoms with Gasteiger partial charge in [-0.1, -0.05) is 0 Å². The van der Waals surface area contributed by atoms with Crippen molar-refractivity contribution in [2.24, 2.45) is 5.92 Å². The number of carboxylic acid groups (broad SMARTS) is 1. The number of pyridine rings is 1. The van der Waals surface area contributed by atoms with Crippen LogP contribution in [-0.4, -0.2) is 49.9 Å². The lowest BCUT2D eigenvalue weighted by Gasteiger charge is -2.14. The second kappa shape index (κ2) is 6.74. The summed E-state index contributed by atoms with van der Waals surface area (Å²) in [6.45, 7) is 3.07. The minimum Gasteiger partial charge on any atom is -0.478 e. The Morgan fingerprint density at radius 2 is 2.08 bits per heavy atom. The van der Waals surface area contributed by atoms with Gasteiger partial charge in [-0.05, 0) is 24.8 Å². The van der Waals surface area contributed by atoms with E-state index in [1.165, 1.54) is 6.20 Å². The Hall–Kier alpha value is -2.83. The van der Waals surface area contributed by atoms with Crippen molar-refractivity contribution in [1.29, 1.82) is 0 Å². The first kappa shape index (κ1) is 16.0. The highest BCUT2D eigenvalue weighted by Gasteiger charge is 2.25. The van der Waals surface area contributed by atoms with Gasteiger partial charge in [0.2, 0.25) is 5.91 Å². The number of nitrogens with zero attached hydrogens (tertiary/aromatic N) is 4. The summed E-state index contributed by atoms with van der Waals surface area (Å²) in [6, 6.07) is 1.55. The van der Waals surface area contributed by atoms with Gasteiger partial charge in [-0.15, -0.1) is 0 Å². The molecule has 7 heteroatoms. The summed E-state index contributed by atoms with van der Waals surface area (Å²) in [5.41, 5.74) is 2.21. The molecule has 0 spiro atoms. The maximum absolute atomic E-state index is 11.5. The van der Waals surface area contributed by atoms with Crippen molar-refractivity contribution in [3.05, 3.63) is 42.1 Å². The van der Waals surface area contributed by atoms with Gasteiger partial charge in [0.05, 0.1) is 17.0 Å². The van der Waals surface area contributed by atoms with E-state index < -0.39 is 5.97 Å². The summed E-state index contributed by atoms with van der Waals surface area (Å²) in [5.74, 6) is -0.599. The molecule has 0 saturated carbocycles. The number of carbonyl (C=O) groups is 2. The average Bonchev–Trinajstić information content (AvgIpc) is 3.04. The van der Waals surface area contributed by atoms with Crippen molar-refractivity contribution in [2.45, 2.75) is 19.8 Å². The fourth-order valence-corrected chi connectivity index (χ4v) is 3.00. The number of hydrogen-bond donors (Lipinski definition) is 1. The topological polar surface area (TPSA) is 96.3 Å². The Kier molecular flexibility index (Phi) is 4.50. The molecule has 3 rings (SSSR count). The van der Waals surface area contributed by atoms with Crippen LogP contribution in [0, 0.1) is 5.92 Å². The first-order valence-corrected chi connectivity index (χ1v) is 7.78. The molecule has 2 aromatic rings. The molecule has 1 aliphatic rings. The van der Waals surface area contributed by atoms with Gasteiger partial charge in [0.15, 0.2) is 0 Å². The zero-order valence-corrected chi connectivity index (χ0v) is 13.3. The molecule has 124 valence electrons. The molecular formula is C17H18N4O3. The van der Waals surface area contributed by atoms with Crippen LogP contribution in [0.5, 0.6) is 0 Å². The monoisotopic (exact) mass is 326 g/mol. The van der Waals surface area contributed by atoms with Crippen LogP contribution in [0.25, 0.3) is 11.3 Å². The van der Waals surface area contributed by atoms with E-state index in [1.807, 2.05) is 4.90 Å². The van der Waals surface area contributed by atoms with Crippen LogP contribution in [0.4, 0.5) is 0 Å². The molecule has 24 heavy (non-hydrogen) atoms. The number of rotatable bonds is 4. The molecule has 0 aliphatic carbocycles. The molecule has 1 N–H and O–H groups in total. The maximum Gasteiger partial charge on any atom is 0.337 e. The van der Waals surface area contributed by atoms with Crippen molar-refractivity contribution in [3.63, 3.8) is 0 Å². The predicted molar refractivity (Wildman–Crippen MR) is 86.3 cm³/mol. The molecular weight excluding hydrogens is 308 g/mol. The van der Waals surface area contributed by atoms with E-state index >= 15 is 0 Å². The van der Waals surface area contributed by atoms with Gasteiger partial charge >= 0.3 is 5.97 Å². The van der Waals surface area contributed by atoms with Crippen LogP contribution in [0.15, 0.2) is 30.9 Å². The van der Waals surface area contributed by atoms with E-state index in [0.29, 0.717) is 23.6 Å². The zero-order chi connectivity index (χ0) is 17.1. The van der Waals surface area contributed by atoms with E-state index in [4.69, 9.17) is 5.11 Å². The Morgan fingerprint density at radius 3 is 2.79 bits per heavy atom. The van der Waals surface area contributed by atoms with Crippen molar-refractivity contribution in [2.75, 3.05) is 13.1 Å². The molecule has 1 fully saturated rings. The van der Waals surface area contributed by atoms with Crippen LogP contribution in [0.1, 0.15) is 29.4 Å². The van der Waals surface area contributed by atoms with Gasteiger partial charge in [-0.25, -0.2) is 4.79 Å². The number of likely N-dealkylation sites (tertiary alicyclic amines) is 1. The summed E-state index contributed by atoms with van der Waals surface area (Å²) in [4.78, 5) is 37.2. The molecule has 1 aliphatic heterocycles. The highest BCUT2D eigenvalue weighted by atomic mass is 16.4. The minimum absolute atomic E-state index is 0.0928. The summed E-state index contributed by atoms with van der Waals surface area (Å²) in [5, 5.41) is 9.12. The van der Waals surface area contributed by atoms with E-state index in [2.05, 4.69) is 15.0 Å². The number of aromatic nitrogens is 3. The second-order valence-corrected chi connectivity index (χ2v) is 5.94. The maximum atomic E-state index is 11.5. The molecule has 1 atom stereocenters. The molecule has 1 unspecified atom stereocenters. The van der Waals surface area contributed by atoms with Crippen LogP contribution in [0.3, 0.4) is 0 Å².